The first-order valence-corrected chi connectivity index (χ1v) is 4.12. The van der Waals surface area contributed by atoms with Crippen molar-refractivity contribution in [3.05, 3.63) is 0 Å². The molecule has 2 N–H and O–H groups in total. The van der Waals surface area contributed by atoms with Crippen LogP contribution in [0.15, 0.2) is 0 Å². The summed E-state index contributed by atoms with van der Waals surface area (Å²) in [6, 6.07) is 0.222. The fourth-order valence-electron chi connectivity index (χ4n) is 2.24. The van der Waals surface area contributed by atoms with E-state index in [1.54, 1.807) is 0 Å². The molecule has 0 radical (unpaired) electrons. The van der Waals surface area contributed by atoms with Crippen LogP contribution < -0.4 is 5.73 Å². The van der Waals surface area contributed by atoms with Crippen LogP contribution >= 0.6 is 0 Å². The Kier molecular flexibility index (Phi) is 1.29. The molecule has 0 amide bonds. The molecule has 0 spiro atoms. The Bertz CT molecular complexity index is 136. The molecule has 1 aliphatic heterocycles. The van der Waals surface area contributed by atoms with Crippen LogP contribution in [0.3, 0.4) is 0 Å². The number of hydrogen-bond donors (Lipinski definition) is 1. The first kappa shape index (κ1) is 6.62. The third-order valence-corrected chi connectivity index (χ3v) is 3.05. The van der Waals surface area contributed by atoms with Gasteiger partial charge in [-0.05, 0) is 32.1 Å². The van der Waals surface area contributed by atoms with Gasteiger partial charge in [-0.25, -0.2) is 0 Å². The van der Waals surface area contributed by atoms with E-state index < -0.39 is 0 Å². The molecule has 10 heavy (non-hydrogen) atoms. The molecule has 58 valence electrons. The quantitative estimate of drug-likeness (QED) is 0.589. The van der Waals surface area contributed by atoms with Crippen LogP contribution in [0.25, 0.3) is 0 Å². The maximum Gasteiger partial charge on any atom is 0.0833 e. The standard InChI is InChI=1S/C8H15NO/c1-6(9)8-3-2-7(4-8)5-10-8/h6-7H,2-5,9H2,1H3. The van der Waals surface area contributed by atoms with Crippen LogP contribution in [0.4, 0.5) is 0 Å². The highest BCUT2D eigenvalue weighted by atomic mass is 16.5. The highest BCUT2D eigenvalue weighted by molar-refractivity contribution is 5.00. The van der Waals surface area contributed by atoms with Gasteiger partial charge in [-0.2, -0.15) is 0 Å². The molecule has 2 heteroatoms. The molecule has 2 aliphatic rings. The molecule has 2 fully saturated rings. The van der Waals surface area contributed by atoms with E-state index >= 15 is 0 Å². The summed E-state index contributed by atoms with van der Waals surface area (Å²) in [5.74, 6) is 0.825. The van der Waals surface area contributed by atoms with E-state index in [2.05, 4.69) is 6.92 Å². The first-order chi connectivity index (χ1) is 4.73. The maximum absolute atomic E-state index is 5.84. The molecule has 1 heterocycles. The zero-order valence-corrected chi connectivity index (χ0v) is 6.47. The molecular weight excluding hydrogens is 126 g/mol. The van der Waals surface area contributed by atoms with Gasteiger partial charge in [0.1, 0.15) is 0 Å². The lowest BCUT2D eigenvalue weighted by molar-refractivity contribution is -0.0310. The second-order valence-electron chi connectivity index (χ2n) is 3.77. The van der Waals surface area contributed by atoms with E-state index in [4.69, 9.17) is 10.5 Å². The van der Waals surface area contributed by atoms with Crippen LogP contribution in [0.1, 0.15) is 26.2 Å². The lowest BCUT2D eigenvalue weighted by atomic mass is 9.95. The van der Waals surface area contributed by atoms with Crippen LogP contribution in [-0.4, -0.2) is 18.2 Å². The van der Waals surface area contributed by atoms with Gasteiger partial charge >= 0.3 is 0 Å². The van der Waals surface area contributed by atoms with E-state index in [0.29, 0.717) is 0 Å². The molecule has 2 bridgehead atoms. The fraction of sp³-hybridized carbons (Fsp3) is 1.00. The summed E-state index contributed by atoms with van der Waals surface area (Å²) in [4.78, 5) is 0. The van der Waals surface area contributed by atoms with Crippen molar-refractivity contribution < 1.29 is 4.74 Å². The summed E-state index contributed by atoms with van der Waals surface area (Å²) in [6.45, 7) is 3.02. The molecule has 1 aliphatic carbocycles. The van der Waals surface area contributed by atoms with Gasteiger partial charge in [-0.1, -0.05) is 0 Å². The Morgan fingerprint density at radius 2 is 2.50 bits per heavy atom. The third kappa shape index (κ3) is 0.722. The van der Waals surface area contributed by atoms with Gasteiger partial charge in [0.05, 0.1) is 12.2 Å². The Labute approximate surface area is 61.7 Å². The van der Waals surface area contributed by atoms with Crippen LogP contribution in [0.2, 0.25) is 0 Å². The van der Waals surface area contributed by atoms with Crippen LogP contribution in [-0.2, 0) is 4.74 Å². The van der Waals surface area contributed by atoms with E-state index in [9.17, 15) is 0 Å². The number of nitrogens with two attached hydrogens (primary N) is 1. The van der Waals surface area contributed by atoms with Gasteiger partial charge in [0.2, 0.25) is 0 Å². The van der Waals surface area contributed by atoms with Gasteiger partial charge in [0.15, 0.2) is 0 Å². The van der Waals surface area contributed by atoms with Gasteiger partial charge in [0, 0.05) is 6.04 Å². The predicted octanol–water partition coefficient (Wildman–Crippen LogP) is 0.903. The number of hydrogen-bond acceptors (Lipinski definition) is 2. The first-order valence-electron chi connectivity index (χ1n) is 4.12. The molecule has 3 unspecified atom stereocenters. The van der Waals surface area contributed by atoms with Crippen molar-refractivity contribution in [2.45, 2.75) is 37.8 Å². The van der Waals surface area contributed by atoms with E-state index in [1.807, 2.05) is 0 Å². The zero-order valence-electron chi connectivity index (χ0n) is 6.47. The maximum atomic E-state index is 5.84. The second-order valence-corrected chi connectivity index (χ2v) is 3.77. The highest BCUT2D eigenvalue weighted by Crippen LogP contribution is 2.45. The number of rotatable bonds is 1. The molecule has 0 aromatic heterocycles. The SMILES string of the molecule is CC(N)C12CCC(CO1)C2. The van der Waals surface area contributed by atoms with Crippen molar-refractivity contribution in [3.63, 3.8) is 0 Å². The van der Waals surface area contributed by atoms with Gasteiger partial charge in [-0.3, -0.25) is 0 Å². The zero-order chi connectivity index (χ0) is 7.19. The van der Waals surface area contributed by atoms with E-state index in [1.165, 1.54) is 19.3 Å². The summed E-state index contributed by atoms with van der Waals surface area (Å²) >= 11 is 0. The van der Waals surface area contributed by atoms with Crippen molar-refractivity contribution >= 4 is 0 Å². The normalized spacial score (nSPS) is 48.0. The average molecular weight is 141 g/mol. The molecule has 2 rings (SSSR count). The lowest BCUT2D eigenvalue weighted by Gasteiger charge is -2.30. The summed E-state index contributed by atoms with van der Waals surface area (Å²) in [5, 5.41) is 0. The van der Waals surface area contributed by atoms with Crippen molar-refractivity contribution in [1.29, 1.82) is 0 Å². The van der Waals surface area contributed by atoms with Crippen LogP contribution in [0.5, 0.6) is 0 Å². The largest absolute Gasteiger partial charge is 0.373 e. The van der Waals surface area contributed by atoms with Crippen molar-refractivity contribution in [2.24, 2.45) is 11.7 Å². The van der Waals surface area contributed by atoms with E-state index in [-0.39, 0.29) is 11.6 Å². The Balaban J connectivity index is 2.15. The number of fused-ring (bicyclic) bond motifs is 2. The molecule has 3 atom stereocenters. The van der Waals surface area contributed by atoms with Gasteiger partial charge < -0.3 is 10.5 Å². The van der Waals surface area contributed by atoms with Gasteiger partial charge in [-0.15, -0.1) is 0 Å². The molecule has 1 saturated heterocycles. The predicted molar refractivity (Wildman–Crippen MR) is 39.7 cm³/mol. The van der Waals surface area contributed by atoms with Crippen molar-refractivity contribution in [2.75, 3.05) is 6.61 Å². The Morgan fingerprint density at radius 1 is 1.70 bits per heavy atom. The number of ether oxygens (including phenoxy) is 1. The minimum atomic E-state index is 0.0880. The third-order valence-electron chi connectivity index (χ3n) is 3.05. The summed E-state index contributed by atoms with van der Waals surface area (Å²) in [5.41, 5.74) is 5.93. The minimum Gasteiger partial charge on any atom is -0.373 e. The van der Waals surface area contributed by atoms with Crippen molar-refractivity contribution in [3.8, 4) is 0 Å². The fourth-order valence-corrected chi connectivity index (χ4v) is 2.24. The lowest BCUT2D eigenvalue weighted by Crippen LogP contribution is -2.44. The second kappa shape index (κ2) is 1.95. The van der Waals surface area contributed by atoms with Crippen LogP contribution in [0, 0.1) is 5.92 Å². The van der Waals surface area contributed by atoms with Gasteiger partial charge in [0.25, 0.3) is 0 Å². The molecule has 1 saturated carbocycles. The Morgan fingerprint density at radius 3 is 2.70 bits per heavy atom. The summed E-state index contributed by atoms with van der Waals surface area (Å²) < 4.78 is 5.68. The highest BCUT2D eigenvalue weighted by Gasteiger charge is 2.48. The molecule has 0 aromatic rings. The molecule has 0 aromatic carbocycles. The smallest absolute Gasteiger partial charge is 0.0833 e. The topological polar surface area (TPSA) is 35.2 Å². The monoisotopic (exact) mass is 141 g/mol. The summed E-state index contributed by atoms with van der Waals surface area (Å²) in [7, 11) is 0. The average Bonchev–Trinajstić information content (AvgIpc) is 2.45. The Hall–Kier alpha value is -0.0800. The van der Waals surface area contributed by atoms with E-state index in [0.717, 1.165) is 12.5 Å². The summed E-state index contributed by atoms with van der Waals surface area (Å²) in [6.07, 6.45) is 3.74. The molecule has 2 nitrogen and oxygen atoms in total. The minimum absolute atomic E-state index is 0.0880. The van der Waals surface area contributed by atoms with Crippen molar-refractivity contribution in [1.82, 2.24) is 0 Å². The molecular formula is C8H15NO.